The van der Waals surface area contributed by atoms with Crippen molar-refractivity contribution in [2.45, 2.75) is 20.3 Å². The standard InChI is InChI=1S/C9H15N3O/c1-4-6-12(7-5-2)9-10-8(3)13-11-9/h4H,1,5-7H2,2-3H3. The quantitative estimate of drug-likeness (QED) is 0.649. The predicted octanol–water partition coefficient (Wildman–Crippen LogP) is 1.78. The van der Waals surface area contributed by atoms with Gasteiger partial charge in [-0.15, -0.1) is 6.58 Å². The monoisotopic (exact) mass is 181 g/mol. The molecule has 13 heavy (non-hydrogen) atoms. The molecule has 0 spiro atoms. The minimum Gasteiger partial charge on any atom is -0.338 e. The van der Waals surface area contributed by atoms with Crippen LogP contribution < -0.4 is 4.90 Å². The van der Waals surface area contributed by atoms with Crippen LogP contribution in [0.1, 0.15) is 19.2 Å². The third-order valence-corrected chi connectivity index (χ3v) is 1.64. The highest BCUT2D eigenvalue weighted by Gasteiger charge is 2.09. The Hall–Kier alpha value is -1.32. The van der Waals surface area contributed by atoms with Gasteiger partial charge in [-0.2, -0.15) is 4.98 Å². The number of nitrogens with zero attached hydrogens (tertiary/aromatic N) is 3. The van der Waals surface area contributed by atoms with E-state index in [0.29, 0.717) is 11.8 Å². The predicted molar refractivity (Wildman–Crippen MR) is 51.7 cm³/mol. The van der Waals surface area contributed by atoms with Gasteiger partial charge in [-0.25, -0.2) is 0 Å². The molecule has 0 N–H and O–H groups in total. The Morgan fingerprint density at radius 3 is 2.85 bits per heavy atom. The van der Waals surface area contributed by atoms with Crippen LogP contribution in [-0.2, 0) is 0 Å². The summed E-state index contributed by atoms with van der Waals surface area (Å²) in [5, 5.41) is 3.85. The van der Waals surface area contributed by atoms with E-state index in [4.69, 9.17) is 4.52 Å². The SMILES string of the molecule is C=CCN(CCC)c1noc(C)n1. The molecule has 0 saturated carbocycles. The van der Waals surface area contributed by atoms with Crippen molar-refractivity contribution in [2.75, 3.05) is 18.0 Å². The van der Waals surface area contributed by atoms with E-state index in [1.54, 1.807) is 6.92 Å². The summed E-state index contributed by atoms with van der Waals surface area (Å²) in [6.45, 7) is 9.27. The van der Waals surface area contributed by atoms with Crippen molar-refractivity contribution < 1.29 is 4.52 Å². The number of anilines is 1. The van der Waals surface area contributed by atoms with Crippen molar-refractivity contribution in [3.8, 4) is 0 Å². The maximum absolute atomic E-state index is 4.90. The molecular formula is C9H15N3O. The molecule has 4 nitrogen and oxygen atoms in total. The summed E-state index contributed by atoms with van der Waals surface area (Å²) in [7, 11) is 0. The van der Waals surface area contributed by atoms with Gasteiger partial charge in [0.1, 0.15) is 0 Å². The van der Waals surface area contributed by atoms with Gasteiger partial charge in [-0.1, -0.05) is 13.0 Å². The summed E-state index contributed by atoms with van der Waals surface area (Å²) < 4.78 is 4.90. The molecule has 0 fully saturated rings. The molecule has 0 saturated heterocycles. The second-order valence-corrected chi connectivity index (χ2v) is 2.85. The van der Waals surface area contributed by atoms with Crippen molar-refractivity contribution in [1.82, 2.24) is 10.1 Å². The van der Waals surface area contributed by atoms with Crippen LogP contribution in [0.5, 0.6) is 0 Å². The first-order valence-corrected chi connectivity index (χ1v) is 4.44. The Labute approximate surface area is 78.2 Å². The molecule has 0 aliphatic rings. The van der Waals surface area contributed by atoms with Crippen molar-refractivity contribution in [3.05, 3.63) is 18.5 Å². The third kappa shape index (κ3) is 2.57. The van der Waals surface area contributed by atoms with Gasteiger partial charge in [0.05, 0.1) is 0 Å². The van der Waals surface area contributed by atoms with Gasteiger partial charge in [0.15, 0.2) is 0 Å². The number of aryl methyl sites for hydroxylation is 1. The zero-order chi connectivity index (χ0) is 9.68. The molecule has 0 atom stereocenters. The highest BCUT2D eigenvalue weighted by molar-refractivity contribution is 5.28. The Kier molecular flexibility index (Phi) is 3.49. The Bertz CT molecular complexity index is 270. The molecule has 1 heterocycles. The lowest BCUT2D eigenvalue weighted by molar-refractivity contribution is 0.392. The average Bonchev–Trinajstić information content (AvgIpc) is 2.51. The minimum absolute atomic E-state index is 0.597. The van der Waals surface area contributed by atoms with E-state index >= 15 is 0 Å². The van der Waals surface area contributed by atoms with Crippen LogP contribution in [0, 0.1) is 6.92 Å². The van der Waals surface area contributed by atoms with Crippen molar-refractivity contribution in [1.29, 1.82) is 0 Å². The van der Waals surface area contributed by atoms with Gasteiger partial charge in [-0.05, 0) is 11.6 Å². The number of aromatic nitrogens is 2. The van der Waals surface area contributed by atoms with Crippen LogP contribution in [0.25, 0.3) is 0 Å². The maximum Gasteiger partial charge on any atom is 0.266 e. The molecule has 1 aromatic rings. The van der Waals surface area contributed by atoms with Crippen LogP contribution in [0.15, 0.2) is 17.2 Å². The molecule has 0 unspecified atom stereocenters. The first kappa shape index (κ1) is 9.77. The smallest absolute Gasteiger partial charge is 0.266 e. The second kappa shape index (κ2) is 4.64. The normalized spacial score (nSPS) is 10.0. The summed E-state index contributed by atoms with van der Waals surface area (Å²) in [6, 6.07) is 0. The largest absolute Gasteiger partial charge is 0.338 e. The molecule has 1 aromatic heterocycles. The van der Waals surface area contributed by atoms with E-state index < -0.39 is 0 Å². The van der Waals surface area contributed by atoms with Crippen LogP contribution >= 0.6 is 0 Å². The molecule has 0 amide bonds. The number of hydrogen-bond donors (Lipinski definition) is 0. The number of rotatable bonds is 5. The van der Waals surface area contributed by atoms with Gasteiger partial charge in [0.2, 0.25) is 5.89 Å². The topological polar surface area (TPSA) is 42.2 Å². The van der Waals surface area contributed by atoms with Crippen molar-refractivity contribution in [2.24, 2.45) is 0 Å². The second-order valence-electron chi connectivity index (χ2n) is 2.85. The molecule has 0 aromatic carbocycles. The van der Waals surface area contributed by atoms with Crippen LogP contribution in [0.2, 0.25) is 0 Å². The molecule has 1 rings (SSSR count). The van der Waals surface area contributed by atoms with Gasteiger partial charge in [-0.3, -0.25) is 0 Å². The van der Waals surface area contributed by atoms with E-state index in [9.17, 15) is 0 Å². The maximum atomic E-state index is 4.90. The van der Waals surface area contributed by atoms with Gasteiger partial charge in [0, 0.05) is 20.0 Å². The van der Waals surface area contributed by atoms with Gasteiger partial charge in [0.25, 0.3) is 5.95 Å². The fourth-order valence-corrected chi connectivity index (χ4v) is 1.12. The molecule has 0 aliphatic carbocycles. The zero-order valence-corrected chi connectivity index (χ0v) is 8.16. The summed E-state index contributed by atoms with van der Waals surface area (Å²) in [4.78, 5) is 6.18. The van der Waals surface area contributed by atoms with Gasteiger partial charge >= 0.3 is 0 Å². The highest BCUT2D eigenvalue weighted by atomic mass is 16.5. The van der Waals surface area contributed by atoms with Crippen molar-refractivity contribution >= 4 is 5.95 Å². The number of hydrogen-bond acceptors (Lipinski definition) is 4. The zero-order valence-electron chi connectivity index (χ0n) is 8.16. The van der Waals surface area contributed by atoms with E-state index in [0.717, 1.165) is 19.5 Å². The summed E-state index contributed by atoms with van der Waals surface area (Å²) in [5.74, 6) is 1.25. The average molecular weight is 181 g/mol. The molecule has 0 bridgehead atoms. The van der Waals surface area contributed by atoms with Crippen LogP contribution in [0.4, 0.5) is 5.95 Å². The lowest BCUT2D eigenvalue weighted by atomic mass is 10.4. The first-order valence-electron chi connectivity index (χ1n) is 4.44. The summed E-state index contributed by atoms with van der Waals surface area (Å²) in [5.41, 5.74) is 0. The Morgan fingerprint density at radius 2 is 2.38 bits per heavy atom. The lowest BCUT2D eigenvalue weighted by Gasteiger charge is -2.16. The Balaban J connectivity index is 2.68. The van der Waals surface area contributed by atoms with Gasteiger partial charge < -0.3 is 9.42 Å². The van der Waals surface area contributed by atoms with Crippen LogP contribution in [-0.4, -0.2) is 23.2 Å². The summed E-state index contributed by atoms with van der Waals surface area (Å²) >= 11 is 0. The Morgan fingerprint density at radius 1 is 1.62 bits per heavy atom. The highest BCUT2D eigenvalue weighted by Crippen LogP contribution is 2.08. The molecule has 0 radical (unpaired) electrons. The van der Waals surface area contributed by atoms with E-state index in [1.807, 2.05) is 11.0 Å². The third-order valence-electron chi connectivity index (χ3n) is 1.64. The minimum atomic E-state index is 0.597. The fourth-order valence-electron chi connectivity index (χ4n) is 1.12. The van der Waals surface area contributed by atoms with Crippen LogP contribution in [0.3, 0.4) is 0 Å². The molecule has 4 heteroatoms. The van der Waals surface area contributed by atoms with E-state index in [2.05, 4.69) is 23.6 Å². The fraction of sp³-hybridized carbons (Fsp3) is 0.556. The van der Waals surface area contributed by atoms with Crippen molar-refractivity contribution in [3.63, 3.8) is 0 Å². The molecule has 0 aliphatic heterocycles. The van der Waals surface area contributed by atoms with E-state index in [-0.39, 0.29) is 0 Å². The lowest BCUT2D eigenvalue weighted by Crippen LogP contribution is -2.25. The summed E-state index contributed by atoms with van der Waals surface area (Å²) in [6.07, 6.45) is 2.89. The molecular weight excluding hydrogens is 166 g/mol. The van der Waals surface area contributed by atoms with E-state index in [1.165, 1.54) is 0 Å². The first-order chi connectivity index (χ1) is 6.27. The molecule has 72 valence electrons.